The Balaban J connectivity index is 2.04. The maximum atomic E-state index is 12.9. The zero-order valence-corrected chi connectivity index (χ0v) is 16.2. The maximum absolute atomic E-state index is 12.9. The Bertz CT molecular complexity index is 1010. The topological polar surface area (TPSA) is 78.9 Å². The highest BCUT2D eigenvalue weighted by Crippen LogP contribution is 2.32. The summed E-state index contributed by atoms with van der Waals surface area (Å²) < 4.78 is 5.04. The minimum atomic E-state index is -0.640. The van der Waals surface area contributed by atoms with Crippen molar-refractivity contribution in [2.24, 2.45) is 0 Å². The van der Waals surface area contributed by atoms with Crippen LogP contribution in [-0.2, 0) is 9.59 Å². The molecule has 1 fully saturated rings. The van der Waals surface area contributed by atoms with E-state index in [2.05, 4.69) is 5.32 Å². The summed E-state index contributed by atoms with van der Waals surface area (Å²) in [6, 6.07) is 9.00. The fourth-order valence-electron chi connectivity index (χ4n) is 2.49. The molecule has 3 rings (SSSR count). The first kappa shape index (κ1) is 19.2. The number of halogens is 2. The number of thiocarbonyl (C=S) groups is 1. The predicted molar refractivity (Wildman–Crippen MR) is 107 cm³/mol. The van der Waals surface area contributed by atoms with E-state index in [-0.39, 0.29) is 27.2 Å². The van der Waals surface area contributed by atoms with Crippen LogP contribution in [0.1, 0.15) is 5.56 Å². The van der Waals surface area contributed by atoms with E-state index >= 15 is 0 Å². The second-order valence-corrected chi connectivity index (χ2v) is 6.72. The van der Waals surface area contributed by atoms with Gasteiger partial charge in [0.15, 0.2) is 16.6 Å². The molecule has 9 heteroatoms. The Labute approximate surface area is 169 Å². The van der Waals surface area contributed by atoms with Gasteiger partial charge in [0.05, 0.1) is 17.8 Å². The smallest absolute Gasteiger partial charge is 0.270 e. The molecule has 2 N–H and O–H groups in total. The van der Waals surface area contributed by atoms with Gasteiger partial charge in [0, 0.05) is 5.02 Å². The maximum Gasteiger partial charge on any atom is 0.270 e. The number of nitrogens with one attached hydrogen (secondary N) is 1. The minimum Gasteiger partial charge on any atom is -0.504 e. The molecular weight excluding hydrogens is 411 g/mol. The SMILES string of the molecule is COc1cc(/C=C2/C(=O)NC(=S)N(c3ccc(Cl)cc3Cl)C2=O)ccc1O. The lowest BCUT2D eigenvalue weighted by Crippen LogP contribution is -2.54. The number of anilines is 1. The molecule has 6 nitrogen and oxygen atoms in total. The Kier molecular flexibility index (Phi) is 5.36. The second-order valence-electron chi connectivity index (χ2n) is 5.48. The summed E-state index contributed by atoms with van der Waals surface area (Å²) in [5.74, 6) is -1.13. The molecule has 0 spiro atoms. The number of methoxy groups -OCH3 is 1. The first-order valence-electron chi connectivity index (χ1n) is 7.55. The molecule has 1 aliphatic heterocycles. The molecule has 0 aliphatic carbocycles. The summed E-state index contributed by atoms with van der Waals surface area (Å²) >= 11 is 17.2. The Hall–Kier alpha value is -2.61. The van der Waals surface area contributed by atoms with Crippen molar-refractivity contribution in [3.63, 3.8) is 0 Å². The third kappa shape index (κ3) is 3.75. The van der Waals surface area contributed by atoms with Crippen molar-refractivity contribution in [2.45, 2.75) is 0 Å². The molecule has 1 heterocycles. The van der Waals surface area contributed by atoms with E-state index in [9.17, 15) is 14.7 Å². The van der Waals surface area contributed by atoms with Gasteiger partial charge in [-0.2, -0.15) is 0 Å². The van der Waals surface area contributed by atoms with Crippen molar-refractivity contribution >= 4 is 64.1 Å². The van der Waals surface area contributed by atoms with Crippen LogP contribution in [0.2, 0.25) is 10.0 Å². The van der Waals surface area contributed by atoms with Gasteiger partial charge in [-0.25, -0.2) is 0 Å². The number of hydrogen-bond donors (Lipinski definition) is 2. The van der Waals surface area contributed by atoms with Gasteiger partial charge in [-0.15, -0.1) is 0 Å². The first-order valence-corrected chi connectivity index (χ1v) is 8.71. The molecule has 27 heavy (non-hydrogen) atoms. The molecule has 0 bridgehead atoms. The Morgan fingerprint density at radius 2 is 1.93 bits per heavy atom. The highest BCUT2D eigenvalue weighted by Gasteiger charge is 2.35. The molecule has 1 saturated heterocycles. The molecule has 0 unspecified atom stereocenters. The van der Waals surface area contributed by atoms with Gasteiger partial charge in [-0.05, 0) is 54.2 Å². The summed E-state index contributed by atoms with van der Waals surface area (Å²) in [6.07, 6.45) is 1.37. The van der Waals surface area contributed by atoms with Gasteiger partial charge in [-0.3, -0.25) is 19.8 Å². The van der Waals surface area contributed by atoms with E-state index in [1.807, 2.05) is 0 Å². The summed E-state index contributed by atoms with van der Waals surface area (Å²) in [5, 5.41) is 12.7. The average Bonchev–Trinajstić information content (AvgIpc) is 2.61. The van der Waals surface area contributed by atoms with Crippen LogP contribution < -0.4 is 15.0 Å². The lowest BCUT2D eigenvalue weighted by Gasteiger charge is -2.29. The zero-order chi connectivity index (χ0) is 19.7. The van der Waals surface area contributed by atoms with Crippen molar-refractivity contribution in [3.05, 3.63) is 57.6 Å². The van der Waals surface area contributed by atoms with E-state index in [0.717, 1.165) is 4.90 Å². The van der Waals surface area contributed by atoms with Crippen LogP contribution in [0.15, 0.2) is 42.0 Å². The van der Waals surface area contributed by atoms with Gasteiger partial charge >= 0.3 is 0 Å². The Morgan fingerprint density at radius 3 is 2.59 bits per heavy atom. The van der Waals surface area contributed by atoms with Gasteiger partial charge in [0.1, 0.15) is 5.57 Å². The quantitative estimate of drug-likeness (QED) is 0.449. The number of ether oxygens (including phenoxy) is 1. The zero-order valence-electron chi connectivity index (χ0n) is 13.8. The predicted octanol–water partition coefficient (Wildman–Crippen LogP) is 3.54. The fraction of sp³-hybridized carbons (Fsp3) is 0.0556. The lowest BCUT2D eigenvalue weighted by molar-refractivity contribution is -0.122. The third-order valence-corrected chi connectivity index (χ3v) is 4.59. The summed E-state index contributed by atoms with van der Waals surface area (Å²) in [6.45, 7) is 0. The van der Waals surface area contributed by atoms with Gasteiger partial charge in [0.25, 0.3) is 11.8 Å². The second kappa shape index (κ2) is 7.56. The first-order chi connectivity index (χ1) is 12.8. The number of carbonyl (C=O) groups excluding carboxylic acids is 2. The number of phenols is 1. The van der Waals surface area contributed by atoms with Crippen LogP contribution in [0.25, 0.3) is 6.08 Å². The molecular formula is C18H12Cl2N2O4S. The fourth-order valence-corrected chi connectivity index (χ4v) is 3.26. The molecule has 2 aromatic rings. The summed E-state index contributed by atoms with van der Waals surface area (Å²) in [4.78, 5) is 26.4. The lowest BCUT2D eigenvalue weighted by atomic mass is 10.1. The van der Waals surface area contributed by atoms with Gasteiger partial charge < -0.3 is 9.84 Å². The highest BCUT2D eigenvalue weighted by molar-refractivity contribution is 7.80. The number of aromatic hydroxyl groups is 1. The van der Waals surface area contributed by atoms with E-state index in [1.54, 1.807) is 6.07 Å². The number of phenolic OH excluding ortho intramolecular Hbond substituents is 1. The summed E-state index contributed by atoms with van der Waals surface area (Å²) in [7, 11) is 1.40. The normalized spacial score (nSPS) is 15.9. The molecule has 0 atom stereocenters. The highest BCUT2D eigenvalue weighted by atomic mass is 35.5. The van der Waals surface area contributed by atoms with Crippen molar-refractivity contribution in [3.8, 4) is 11.5 Å². The molecule has 0 aromatic heterocycles. The Morgan fingerprint density at radius 1 is 1.19 bits per heavy atom. The number of amides is 2. The van der Waals surface area contributed by atoms with Crippen molar-refractivity contribution < 1.29 is 19.4 Å². The van der Waals surface area contributed by atoms with Crippen molar-refractivity contribution in [1.29, 1.82) is 0 Å². The molecule has 2 amide bonds. The molecule has 2 aromatic carbocycles. The van der Waals surface area contributed by atoms with E-state index in [0.29, 0.717) is 16.3 Å². The van der Waals surface area contributed by atoms with Crippen LogP contribution in [0, 0.1) is 0 Å². The van der Waals surface area contributed by atoms with Crippen LogP contribution in [-0.4, -0.2) is 29.1 Å². The summed E-state index contributed by atoms with van der Waals surface area (Å²) in [5.41, 5.74) is 0.630. The van der Waals surface area contributed by atoms with Crippen molar-refractivity contribution in [2.75, 3.05) is 12.0 Å². The van der Waals surface area contributed by atoms with Crippen LogP contribution >= 0.6 is 35.4 Å². The number of rotatable bonds is 3. The van der Waals surface area contributed by atoms with Gasteiger partial charge in [0.2, 0.25) is 0 Å². The number of nitrogens with zero attached hydrogens (tertiary/aromatic N) is 1. The molecule has 0 saturated carbocycles. The third-order valence-electron chi connectivity index (χ3n) is 3.77. The van der Waals surface area contributed by atoms with E-state index in [4.69, 9.17) is 40.2 Å². The van der Waals surface area contributed by atoms with Crippen LogP contribution in [0.5, 0.6) is 11.5 Å². The molecule has 138 valence electrons. The minimum absolute atomic E-state index is 0.0603. The molecule has 0 radical (unpaired) electrons. The average molecular weight is 423 g/mol. The van der Waals surface area contributed by atoms with E-state index in [1.165, 1.54) is 43.5 Å². The van der Waals surface area contributed by atoms with Gasteiger partial charge in [-0.1, -0.05) is 29.3 Å². The standard InChI is InChI=1S/C18H12Cl2N2O4S/c1-26-15-7-9(2-5-14(15)23)6-11-16(24)21-18(27)22(17(11)25)13-4-3-10(19)8-12(13)20/h2-8,23H,1H3,(H,21,24,27)/b11-6-. The van der Waals surface area contributed by atoms with Crippen LogP contribution in [0.3, 0.4) is 0 Å². The monoisotopic (exact) mass is 422 g/mol. The number of benzene rings is 2. The number of carbonyl (C=O) groups is 2. The largest absolute Gasteiger partial charge is 0.504 e. The molecule has 1 aliphatic rings. The van der Waals surface area contributed by atoms with Crippen LogP contribution in [0.4, 0.5) is 5.69 Å². The number of hydrogen-bond acceptors (Lipinski definition) is 5. The van der Waals surface area contributed by atoms with E-state index < -0.39 is 11.8 Å². The van der Waals surface area contributed by atoms with Crippen molar-refractivity contribution in [1.82, 2.24) is 5.32 Å².